The van der Waals surface area contributed by atoms with E-state index in [1.54, 1.807) is 0 Å². The minimum absolute atomic E-state index is 0.395. The standard InChI is InChI=1S/C18H21ClN2/c19-16-10-8-15(9-11-16)18(14-5-1-2-6-14)21-13-17-7-3-4-12-20-17/h3-4,7-12,14,18,21H,1-2,5-6,13H2. The lowest BCUT2D eigenvalue weighted by Gasteiger charge is -2.25. The minimum atomic E-state index is 0.395. The van der Waals surface area contributed by atoms with E-state index in [0.717, 1.165) is 23.2 Å². The van der Waals surface area contributed by atoms with Gasteiger partial charge in [-0.1, -0.05) is 42.6 Å². The molecule has 110 valence electrons. The monoisotopic (exact) mass is 300 g/mol. The van der Waals surface area contributed by atoms with Gasteiger partial charge in [0.25, 0.3) is 0 Å². The minimum Gasteiger partial charge on any atom is -0.304 e. The molecule has 2 nitrogen and oxygen atoms in total. The lowest BCUT2D eigenvalue weighted by molar-refractivity contribution is 0.364. The van der Waals surface area contributed by atoms with Gasteiger partial charge in [0.05, 0.1) is 5.69 Å². The molecule has 3 heteroatoms. The number of hydrogen-bond acceptors (Lipinski definition) is 2. The van der Waals surface area contributed by atoms with E-state index in [4.69, 9.17) is 11.6 Å². The number of halogens is 1. The Balaban J connectivity index is 1.74. The summed E-state index contributed by atoms with van der Waals surface area (Å²) in [7, 11) is 0. The lowest BCUT2D eigenvalue weighted by Crippen LogP contribution is -2.27. The fraction of sp³-hybridized carbons (Fsp3) is 0.389. The van der Waals surface area contributed by atoms with Crippen molar-refractivity contribution in [1.82, 2.24) is 10.3 Å². The van der Waals surface area contributed by atoms with Crippen LogP contribution in [0.4, 0.5) is 0 Å². The second-order valence-electron chi connectivity index (χ2n) is 5.78. The summed E-state index contributed by atoms with van der Waals surface area (Å²) in [6, 6.07) is 14.7. The second-order valence-corrected chi connectivity index (χ2v) is 6.21. The van der Waals surface area contributed by atoms with Crippen molar-refractivity contribution in [2.75, 3.05) is 0 Å². The van der Waals surface area contributed by atoms with Crippen molar-refractivity contribution in [3.05, 3.63) is 64.9 Å². The molecule has 21 heavy (non-hydrogen) atoms. The molecule has 1 saturated carbocycles. The van der Waals surface area contributed by atoms with E-state index in [-0.39, 0.29) is 0 Å². The third-order valence-corrected chi connectivity index (χ3v) is 4.58. The third-order valence-electron chi connectivity index (χ3n) is 4.33. The number of benzene rings is 1. The van der Waals surface area contributed by atoms with Crippen molar-refractivity contribution in [2.24, 2.45) is 5.92 Å². The molecule has 0 amide bonds. The van der Waals surface area contributed by atoms with Crippen LogP contribution in [0.25, 0.3) is 0 Å². The van der Waals surface area contributed by atoms with Gasteiger partial charge < -0.3 is 5.32 Å². The maximum atomic E-state index is 6.02. The molecular weight excluding hydrogens is 280 g/mol. The molecule has 0 radical (unpaired) electrons. The van der Waals surface area contributed by atoms with Crippen LogP contribution in [-0.2, 0) is 6.54 Å². The van der Waals surface area contributed by atoms with Gasteiger partial charge in [-0.05, 0) is 48.6 Å². The van der Waals surface area contributed by atoms with Crippen LogP contribution < -0.4 is 5.32 Å². The Bertz CT molecular complexity index is 547. The molecule has 1 unspecified atom stereocenters. The Labute approximate surface area is 131 Å². The molecule has 1 aliphatic rings. The zero-order valence-electron chi connectivity index (χ0n) is 12.1. The van der Waals surface area contributed by atoms with Gasteiger partial charge in [0.2, 0.25) is 0 Å². The molecule has 1 aromatic heterocycles. The number of aromatic nitrogens is 1. The fourth-order valence-electron chi connectivity index (χ4n) is 3.23. The van der Waals surface area contributed by atoms with Crippen LogP contribution in [0.3, 0.4) is 0 Å². The van der Waals surface area contributed by atoms with Crippen LogP contribution in [0.2, 0.25) is 5.02 Å². The zero-order valence-corrected chi connectivity index (χ0v) is 12.9. The Hall–Kier alpha value is -1.38. The summed E-state index contributed by atoms with van der Waals surface area (Å²) in [5.41, 5.74) is 2.43. The summed E-state index contributed by atoms with van der Waals surface area (Å²) < 4.78 is 0. The van der Waals surface area contributed by atoms with Crippen LogP contribution in [0.5, 0.6) is 0 Å². The first-order valence-corrected chi connectivity index (χ1v) is 8.09. The number of rotatable bonds is 5. The molecule has 1 heterocycles. The summed E-state index contributed by atoms with van der Waals surface area (Å²) in [6.07, 6.45) is 7.16. The Morgan fingerprint density at radius 1 is 1.10 bits per heavy atom. The van der Waals surface area contributed by atoms with Crippen molar-refractivity contribution in [3.8, 4) is 0 Å². The predicted octanol–water partition coefficient (Wildman–Crippen LogP) is 4.76. The highest BCUT2D eigenvalue weighted by Gasteiger charge is 2.25. The van der Waals surface area contributed by atoms with E-state index in [0.29, 0.717) is 6.04 Å². The Morgan fingerprint density at radius 2 is 1.86 bits per heavy atom. The average Bonchev–Trinajstić information content (AvgIpc) is 3.04. The molecule has 0 saturated heterocycles. The molecule has 3 rings (SSSR count). The maximum Gasteiger partial charge on any atom is 0.0541 e. The topological polar surface area (TPSA) is 24.9 Å². The van der Waals surface area contributed by atoms with Gasteiger partial charge in [-0.3, -0.25) is 4.98 Å². The molecular formula is C18H21ClN2. The number of nitrogens with one attached hydrogen (secondary N) is 1. The van der Waals surface area contributed by atoms with Gasteiger partial charge in [-0.25, -0.2) is 0 Å². The number of nitrogens with zero attached hydrogens (tertiary/aromatic N) is 1. The first-order chi connectivity index (χ1) is 10.3. The van der Waals surface area contributed by atoms with Crippen molar-refractivity contribution < 1.29 is 0 Å². The van der Waals surface area contributed by atoms with Crippen LogP contribution in [-0.4, -0.2) is 4.98 Å². The zero-order chi connectivity index (χ0) is 14.5. The average molecular weight is 301 g/mol. The SMILES string of the molecule is Clc1ccc(C(NCc2ccccn2)C2CCCC2)cc1. The number of pyridine rings is 1. The maximum absolute atomic E-state index is 6.02. The molecule has 0 bridgehead atoms. The summed E-state index contributed by atoms with van der Waals surface area (Å²) in [5.74, 6) is 0.717. The van der Waals surface area contributed by atoms with E-state index >= 15 is 0 Å². The Morgan fingerprint density at radius 3 is 2.52 bits per heavy atom. The van der Waals surface area contributed by atoms with Gasteiger partial charge in [0.1, 0.15) is 0 Å². The Kier molecular flexibility index (Phi) is 4.89. The third kappa shape index (κ3) is 3.84. The first kappa shape index (κ1) is 14.6. The van der Waals surface area contributed by atoms with Gasteiger partial charge in [0, 0.05) is 23.8 Å². The van der Waals surface area contributed by atoms with E-state index in [9.17, 15) is 0 Å². The van der Waals surface area contributed by atoms with Gasteiger partial charge in [0.15, 0.2) is 0 Å². The molecule has 1 aliphatic carbocycles. The van der Waals surface area contributed by atoms with Crippen molar-refractivity contribution >= 4 is 11.6 Å². The van der Waals surface area contributed by atoms with Gasteiger partial charge >= 0.3 is 0 Å². The highest BCUT2D eigenvalue weighted by molar-refractivity contribution is 6.30. The van der Waals surface area contributed by atoms with Crippen LogP contribution >= 0.6 is 11.6 Å². The molecule has 2 aromatic rings. The largest absolute Gasteiger partial charge is 0.304 e. The van der Waals surface area contributed by atoms with E-state index in [2.05, 4.69) is 28.5 Å². The van der Waals surface area contributed by atoms with Crippen LogP contribution in [0.1, 0.15) is 43.0 Å². The van der Waals surface area contributed by atoms with E-state index < -0.39 is 0 Å². The van der Waals surface area contributed by atoms with Gasteiger partial charge in [-0.2, -0.15) is 0 Å². The first-order valence-electron chi connectivity index (χ1n) is 7.72. The molecule has 0 spiro atoms. The summed E-state index contributed by atoms with van der Waals surface area (Å²) >= 11 is 6.02. The second kappa shape index (κ2) is 7.06. The molecule has 1 aromatic carbocycles. The van der Waals surface area contributed by atoms with Crippen molar-refractivity contribution in [3.63, 3.8) is 0 Å². The predicted molar refractivity (Wildman–Crippen MR) is 87.2 cm³/mol. The molecule has 1 N–H and O–H groups in total. The lowest BCUT2D eigenvalue weighted by atomic mass is 9.91. The van der Waals surface area contributed by atoms with E-state index in [1.165, 1.54) is 31.2 Å². The number of hydrogen-bond donors (Lipinski definition) is 1. The van der Waals surface area contributed by atoms with Crippen LogP contribution in [0.15, 0.2) is 48.7 Å². The molecule has 0 aliphatic heterocycles. The molecule has 1 atom stereocenters. The molecule has 1 fully saturated rings. The summed E-state index contributed by atoms with van der Waals surface area (Å²) in [4.78, 5) is 4.40. The van der Waals surface area contributed by atoms with Crippen LogP contribution in [0, 0.1) is 5.92 Å². The van der Waals surface area contributed by atoms with Crippen molar-refractivity contribution in [1.29, 1.82) is 0 Å². The summed E-state index contributed by atoms with van der Waals surface area (Å²) in [5, 5.41) is 4.51. The quantitative estimate of drug-likeness (QED) is 0.861. The normalized spacial score (nSPS) is 17.0. The highest BCUT2D eigenvalue weighted by Crippen LogP contribution is 2.36. The smallest absolute Gasteiger partial charge is 0.0541 e. The van der Waals surface area contributed by atoms with Crippen molar-refractivity contribution in [2.45, 2.75) is 38.3 Å². The fourth-order valence-corrected chi connectivity index (χ4v) is 3.36. The highest BCUT2D eigenvalue weighted by atomic mass is 35.5. The van der Waals surface area contributed by atoms with Gasteiger partial charge in [-0.15, -0.1) is 0 Å². The van der Waals surface area contributed by atoms with E-state index in [1.807, 2.05) is 30.5 Å². The summed E-state index contributed by atoms with van der Waals surface area (Å²) in [6.45, 7) is 0.810.